The van der Waals surface area contributed by atoms with Crippen molar-refractivity contribution in [2.45, 2.75) is 26.8 Å². The number of anilines is 1. The number of fused-ring (bicyclic) bond motifs is 1. The van der Waals surface area contributed by atoms with Gasteiger partial charge in [-0.15, -0.1) is 0 Å². The van der Waals surface area contributed by atoms with Gasteiger partial charge >= 0.3 is 11.8 Å². The Morgan fingerprint density at radius 1 is 1.15 bits per heavy atom. The van der Waals surface area contributed by atoms with Gasteiger partial charge in [-0.3, -0.25) is 14.4 Å². The molecule has 0 aliphatic heterocycles. The molecule has 0 bridgehead atoms. The van der Waals surface area contributed by atoms with Crippen molar-refractivity contribution in [3.05, 3.63) is 64.2 Å². The maximum Gasteiger partial charge on any atom is 0.313 e. The quantitative estimate of drug-likeness (QED) is 0.602. The number of benzene rings is 1. The standard InChI is InChI=1S/C20H22N4O3/c1-3-24-11-9-18(25)17(12-24)23-20(27)19(26)21-10-8-14-13(2)22-16-7-5-4-6-15(14)16/h4-7,9,11-12,22H,3,8,10H2,1-2H3,(H,21,26)(H,23,27). The van der Waals surface area contributed by atoms with Crippen molar-refractivity contribution < 1.29 is 9.59 Å². The Morgan fingerprint density at radius 2 is 1.93 bits per heavy atom. The molecule has 7 heteroatoms. The van der Waals surface area contributed by atoms with E-state index in [0.29, 0.717) is 19.5 Å². The van der Waals surface area contributed by atoms with Gasteiger partial charge in [0.05, 0.1) is 0 Å². The highest BCUT2D eigenvalue weighted by Gasteiger charge is 2.15. The number of nitrogens with zero attached hydrogens (tertiary/aromatic N) is 1. The lowest BCUT2D eigenvalue weighted by atomic mass is 10.1. The number of H-pyrrole nitrogens is 1. The molecule has 2 heterocycles. The minimum Gasteiger partial charge on any atom is -0.358 e. The topological polar surface area (TPSA) is 96.0 Å². The average Bonchev–Trinajstić information content (AvgIpc) is 2.98. The molecule has 27 heavy (non-hydrogen) atoms. The summed E-state index contributed by atoms with van der Waals surface area (Å²) in [6.07, 6.45) is 3.74. The van der Waals surface area contributed by atoms with Crippen LogP contribution in [0.2, 0.25) is 0 Å². The highest BCUT2D eigenvalue weighted by atomic mass is 16.2. The lowest BCUT2D eigenvalue weighted by molar-refractivity contribution is -0.136. The van der Waals surface area contributed by atoms with E-state index in [0.717, 1.165) is 22.2 Å². The Balaban J connectivity index is 1.60. The number of para-hydroxylation sites is 1. The maximum atomic E-state index is 12.1. The second-order valence-corrected chi connectivity index (χ2v) is 6.29. The molecule has 0 unspecified atom stereocenters. The molecule has 140 valence electrons. The molecule has 0 spiro atoms. The van der Waals surface area contributed by atoms with E-state index in [1.54, 1.807) is 10.8 Å². The highest BCUT2D eigenvalue weighted by Crippen LogP contribution is 2.21. The van der Waals surface area contributed by atoms with Crippen LogP contribution in [0.3, 0.4) is 0 Å². The van der Waals surface area contributed by atoms with Crippen molar-refractivity contribution in [2.75, 3.05) is 11.9 Å². The number of amides is 2. The zero-order valence-corrected chi connectivity index (χ0v) is 15.3. The molecule has 0 aliphatic rings. The average molecular weight is 366 g/mol. The number of hydrogen-bond donors (Lipinski definition) is 3. The molecular formula is C20H22N4O3. The zero-order valence-electron chi connectivity index (χ0n) is 15.3. The third-order valence-electron chi connectivity index (χ3n) is 4.48. The molecule has 3 N–H and O–H groups in total. The van der Waals surface area contributed by atoms with Gasteiger partial charge in [-0.25, -0.2) is 0 Å². The van der Waals surface area contributed by atoms with E-state index in [1.807, 2.05) is 38.1 Å². The van der Waals surface area contributed by atoms with Crippen molar-refractivity contribution in [3.8, 4) is 0 Å². The summed E-state index contributed by atoms with van der Waals surface area (Å²) in [5, 5.41) is 6.10. The lowest BCUT2D eigenvalue weighted by Crippen LogP contribution is -2.37. The molecule has 3 aromatic rings. The predicted octanol–water partition coefficient (Wildman–Crippen LogP) is 1.96. The minimum absolute atomic E-state index is 0.0898. The third kappa shape index (κ3) is 4.08. The van der Waals surface area contributed by atoms with Crippen LogP contribution >= 0.6 is 0 Å². The fourth-order valence-corrected chi connectivity index (χ4v) is 3.03. The van der Waals surface area contributed by atoms with Crippen molar-refractivity contribution in [1.82, 2.24) is 14.9 Å². The number of carbonyl (C=O) groups is 2. The number of nitrogens with one attached hydrogen (secondary N) is 3. The lowest BCUT2D eigenvalue weighted by Gasteiger charge is -2.08. The molecule has 1 aromatic carbocycles. The monoisotopic (exact) mass is 366 g/mol. The Kier molecular flexibility index (Phi) is 5.40. The summed E-state index contributed by atoms with van der Waals surface area (Å²) in [6.45, 7) is 4.87. The Labute approximate surface area is 156 Å². The van der Waals surface area contributed by atoms with Gasteiger partial charge in [-0.05, 0) is 31.9 Å². The Morgan fingerprint density at radius 3 is 2.70 bits per heavy atom. The molecule has 2 aromatic heterocycles. The van der Waals surface area contributed by atoms with Crippen LogP contribution in [-0.2, 0) is 22.6 Å². The van der Waals surface area contributed by atoms with Crippen molar-refractivity contribution in [2.24, 2.45) is 0 Å². The summed E-state index contributed by atoms with van der Waals surface area (Å²) in [5.41, 5.74) is 2.95. The first kappa shape index (κ1) is 18.4. The summed E-state index contributed by atoms with van der Waals surface area (Å²) in [5.74, 6) is -1.62. The molecule has 0 fully saturated rings. The second-order valence-electron chi connectivity index (χ2n) is 6.29. The molecular weight excluding hydrogens is 344 g/mol. The van der Waals surface area contributed by atoms with Crippen LogP contribution in [0, 0.1) is 6.92 Å². The number of aromatic amines is 1. The summed E-state index contributed by atoms with van der Waals surface area (Å²) >= 11 is 0. The van der Waals surface area contributed by atoms with Gasteiger partial charge in [0.2, 0.25) is 5.43 Å². The number of rotatable bonds is 5. The fourth-order valence-electron chi connectivity index (χ4n) is 3.03. The first-order chi connectivity index (χ1) is 13.0. The van der Waals surface area contributed by atoms with E-state index in [-0.39, 0.29) is 11.1 Å². The first-order valence-corrected chi connectivity index (χ1v) is 8.85. The molecule has 7 nitrogen and oxygen atoms in total. The van der Waals surface area contributed by atoms with Crippen LogP contribution in [0.4, 0.5) is 5.69 Å². The molecule has 0 radical (unpaired) electrons. The number of carbonyl (C=O) groups excluding carboxylic acids is 2. The Bertz CT molecular complexity index is 1050. The third-order valence-corrected chi connectivity index (χ3v) is 4.48. The van der Waals surface area contributed by atoms with E-state index in [9.17, 15) is 14.4 Å². The van der Waals surface area contributed by atoms with Crippen LogP contribution < -0.4 is 16.1 Å². The van der Waals surface area contributed by atoms with Crippen LogP contribution in [0.25, 0.3) is 10.9 Å². The number of aryl methyl sites for hydroxylation is 2. The van der Waals surface area contributed by atoms with Gasteiger partial charge in [0.15, 0.2) is 0 Å². The SMILES string of the molecule is CCn1ccc(=O)c(NC(=O)C(=O)NCCc2c(C)[nH]c3ccccc23)c1. The van der Waals surface area contributed by atoms with Crippen molar-refractivity contribution in [1.29, 1.82) is 0 Å². The number of pyridine rings is 1. The van der Waals surface area contributed by atoms with Gasteiger partial charge in [-0.2, -0.15) is 0 Å². The van der Waals surface area contributed by atoms with Gasteiger partial charge in [-0.1, -0.05) is 18.2 Å². The summed E-state index contributed by atoms with van der Waals surface area (Å²) < 4.78 is 1.74. The van der Waals surface area contributed by atoms with Crippen molar-refractivity contribution >= 4 is 28.4 Å². The van der Waals surface area contributed by atoms with Crippen molar-refractivity contribution in [3.63, 3.8) is 0 Å². The van der Waals surface area contributed by atoms with Crippen LogP contribution in [0.5, 0.6) is 0 Å². The number of aromatic nitrogens is 2. The van der Waals surface area contributed by atoms with Crippen LogP contribution in [0.15, 0.2) is 47.5 Å². The normalized spacial score (nSPS) is 10.7. The molecule has 0 saturated carbocycles. The maximum absolute atomic E-state index is 12.1. The van der Waals surface area contributed by atoms with Crippen LogP contribution in [0.1, 0.15) is 18.2 Å². The van der Waals surface area contributed by atoms with Gasteiger partial charge in [0, 0.05) is 48.1 Å². The minimum atomic E-state index is -0.850. The molecule has 0 saturated heterocycles. The summed E-state index contributed by atoms with van der Waals surface area (Å²) in [4.78, 5) is 39.2. The van der Waals surface area contributed by atoms with Gasteiger partial charge in [0.25, 0.3) is 0 Å². The Hall–Kier alpha value is -3.35. The van der Waals surface area contributed by atoms with E-state index in [1.165, 1.54) is 12.3 Å². The number of hydrogen-bond acceptors (Lipinski definition) is 3. The van der Waals surface area contributed by atoms with Gasteiger partial charge in [0.1, 0.15) is 5.69 Å². The second kappa shape index (κ2) is 7.90. The van der Waals surface area contributed by atoms with Gasteiger partial charge < -0.3 is 20.2 Å². The largest absolute Gasteiger partial charge is 0.358 e. The molecule has 3 rings (SSSR count). The zero-order chi connectivity index (χ0) is 19.4. The fraction of sp³-hybridized carbons (Fsp3) is 0.250. The smallest absolute Gasteiger partial charge is 0.313 e. The molecule has 0 atom stereocenters. The molecule has 2 amide bonds. The summed E-state index contributed by atoms with van der Waals surface area (Å²) in [6, 6.07) is 9.31. The highest BCUT2D eigenvalue weighted by molar-refractivity contribution is 6.39. The first-order valence-electron chi connectivity index (χ1n) is 8.85. The molecule has 0 aliphatic carbocycles. The van der Waals surface area contributed by atoms with E-state index in [4.69, 9.17) is 0 Å². The van der Waals surface area contributed by atoms with E-state index >= 15 is 0 Å². The van der Waals surface area contributed by atoms with Crippen LogP contribution in [-0.4, -0.2) is 27.9 Å². The van der Waals surface area contributed by atoms with E-state index in [2.05, 4.69) is 15.6 Å². The summed E-state index contributed by atoms with van der Waals surface area (Å²) in [7, 11) is 0. The predicted molar refractivity (Wildman–Crippen MR) is 105 cm³/mol. The van der Waals surface area contributed by atoms with E-state index < -0.39 is 11.8 Å².